The van der Waals surface area contributed by atoms with E-state index in [1.807, 2.05) is 30.3 Å². The van der Waals surface area contributed by atoms with E-state index in [-0.39, 0.29) is 12.6 Å². The fourth-order valence-electron chi connectivity index (χ4n) is 2.49. The Morgan fingerprint density at radius 2 is 1.83 bits per heavy atom. The van der Waals surface area contributed by atoms with Crippen molar-refractivity contribution in [3.8, 4) is 0 Å². The van der Waals surface area contributed by atoms with Gasteiger partial charge in [-0.25, -0.2) is 13.6 Å². The van der Waals surface area contributed by atoms with Crippen molar-refractivity contribution < 1.29 is 27.1 Å². The molecule has 0 saturated carbocycles. The second-order valence-corrected chi connectivity index (χ2v) is 6.34. The Bertz CT molecular complexity index is 800. The van der Waals surface area contributed by atoms with Gasteiger partial charge in [0.25, 0.3) is 0 Å². The minimum absolute atomic E-state index is 0.285. The van der Waals surface area contributed by atoms with Crippen LogP contribution in [0.4, 0.5) is 28.0 Å². The minimum atomic E-state index is -4.20. The highest BCUT2D eigenvalue weighted by molar-refractivity contribution is 5.89. The first-order valence-electron chi connectivity index (χ1n) is 8.85. The van der Waals surface area contributed by atoms with Crippen LogP contribution in [0.15, 0.2) is 67.3 Å². The van der Waals surface area contributed by atoms with Gasteiger partial charge in [-0.1, -0.05) is 48.5 Å². The van der Waals surface area contributed by atoms with Crippen molar-refractivity contribution in [2.75, 3.05) is 18.5 Å². The summed E-state index contributed by atoms with van der Waals surface area (Å²) in [6.07, 6.45) is -2.18. The summed E-state index contributed by atoms with van der Waals surface area (Å²) in [5.41, 5.74) is 1.84. The number of rotatable bonds is 10. The molecule has 2 rings (SSSR count). The lowest BCUT2D eigenvalue weighted by molar-refractivity contribution is -0.168. The molecule has 0 aliphatic rings. The largest absolute Gasteiger partial charge is 0.370 e. The first-order chi connectivity index (χ1) is 13.8. The van der Waals surface area contributed by atoms with E-state index >= 15 is 0 Å². The monoisotopic (exact) mass is 410 g/mol. The van der Waals surface area contributed by atoms with E-state index in [0.717, 1.165) is 5.56 Å². The maximum atomic E-state index is 12.9. The quantitative estimate of drug-likeness (QED) is 0.425. The molecule has 0 aliphatic carbocycles. The number of halogens is 4. The number of carbonyl (C=O) groups excluding carboxylic acids is 1. The Balaban J connectivity index is 1.96. The molecule has 0 heterocycles. The van der Waals surface area contributed by atoms with Crippen molar-refractivity contribution in [1.29, 1.82) is 0 Å². The molecular weight excluding hydrogens is 388 g/mol. The van der Waals surface area contributed by atoms with Crippen LogP contribution < -0.4 is 5.32 Å². The van der Waals surface area contributed by atoms with Crippen molar-refractivity contribution in [2.24, 2.45) is 0 Å². The SMILES string of the molecule is C=CCN(Cc1ccccc1)C(=O)Nc1cccc(COCC(F)(F)C(F)F)c1. The van der Waals surface area contributed by atoms with Gasteiger partial charge < -0.3 is 15.0 Å². The number of benzene rings is 2. The lowest BCUT2D eigenvalue weighted by Crippen LogP contribution is -2.34. The van der Waals surface area contributed by atoms with Gasteiger partial charge in [-0.3, -0.25) is 0 Å². The highest BCUT2D eigenvalue weighted by Crippen LogP contribution is 2.23. The maximum Gasteiger partial charge on any atom is 0.330 e. The second-order valence-electron chi connectivity index (χ2n) is 6.34. The van der Waals surface area contributed by atoms with Crippen LogP contribution in [0, 0.1) is 0 Å². The molecular formula is C21H22F4N2O2. The number of alkyl halides is 4. The molecule has 2 amide bonds. The fraction of sp³-hybridized carbons (Fsp3) is 0.286. The van der Waals surface area contributed by atoms with Crippen LogP contribution in [-0.4, -0.2) is 36.4 Å². The summed E-state index contributed by atoms with van der Waals surface area (Å²) in [4.78, 5) is 14.1. The second kappa shape index (κ2) is 10.6. The lowest BCUT2D eigenvalue weighted by Gasteiger charge is -2.22. The summed E-state index contributed by atoms with van der Waals surface area (Å²) in [6, 6.07) is 15.4. The van der Waals surface area contributed by atoms with E-state index < -0.39 is 19.0 Å². The van der Waals surface area contributed by atoms with Gasteiger partial charge in [-0.2, -0.15) is 8.78 Å². The number of urea groups is 1. The standard InChI is InChI=1S/C21H22F4N2O2/c1-2-11-27(13-16-7-4-3-5-8-16)20(28)26-18-10-6-9-17(12-18)14-29-15-21(24,25)19(22)23/h2-10,12,19H,1,11,13-15H2,(H,26,28). The van der Waals surface area contributed by atoms with Gasteiger partial charge in [0.2, 0.25) is 0 Å². The summed E-state index contributed by atoms with van der Waals surface area (Å²) in [7, 11) is 0. The van der Waals surface area contributed by atoms with Crippen molar-refractivity contribution in [3.63, 3.8) is 0 Å². The summed E-state index contributed by atoms with van der Waals surface area (Å²) >= 11 is 0. The molecule has 0 saturated heterocycles. The van der Waals surface area contributed by atoms with Crippen LogP contribution in [0.3, 0.4) is 0 Å². The fourth-order valence-corrected chi connectivity index (χ4v) is 2.49. The molecule has 1 N–H and O–H groups in total. The number of nitrogens with one attached hydrogen (secondary N) is 1. The van der Waals surface area contributed by atoms with Crippen LogP contribution in [0.5, 0.6) is 0 Å². The number of amides is 2. The summed E-state index contributed by atoms with van der Waals surface area (Å²) < 4.78 is 54.8. The smallest absolute Gasteiger partial charge is 0.330 e. The molecule has 0 aromatic heterocycles. The molecule has 156 valence electrons. The molecule has 8 heteroatoms. The number of nitrogens with zero attached hydrogens (tertiary/aromatic N) is 1. The van der Waals surface area contributed by atoms with Gasteiger partial charge in [0.05, 0.1) is 6.61 Å². The van der Waals surface area contributed by atoms with Crippen molar-refractivity contribution in [2.45, 2.75) is 25.5 Å². The number of carbonyl (C=O) groups is 1. The van der Waals surface area contributed by atoms with Gasteiger partial charge in [0, 0.05) is 18.8 Å². The third-order valence-corrected chi connectivity index (χ3v) is 3.91. The van der Waals surface area contributed by atoms with Crippen LogP contribution in [0.2, 0.25) is 0 Å². The Morgan fingerprint density at radius 1 is 1.14 bits per heavy atom. The van der Waals surface area contributed by atoms with Gasteiger partial charge in [0.15, 0.2) is 0 Å². The highest BCUT2D eigenvalue weighted by atomic mass is 19.3. The summed E-state index contributed by atoms with van der Waals surface area (Å²) in [5, 5.41) is 2.73. The zero-order valence-corrected chi connectivity index (χ0v) is 15.7. The van der Waals surface area contributed by atoms with Crippen LogP contribution >= 0.6 is 0 Å². The molecule has 4 nitrogen and oxygen atoms in total. The molecule has 2 aromatic carbocycles. The lowest BCUT2D eigenvalue weighted by atomic mass is 10.2. The van der Waals surface area contributed by atoms with Gasteiger partial charge >= 0.3 is 18.4 Å². The molecule has 0 atom stereocenters. The molecule has 0 aliphatic heterocycles. The van der Waals surface area contributed by atoms with E-state index in [1.165, 1.54) is 6.07 Å². The Kier molecular flexibility index (Phi) is 8.21. The average Bonchev–Trinajstić information content (AvgIpc) is 2.68. The zero-order valence-electron chi connectivity index (χ0n) is 15.7. The predicted octanol–water partition coefficient (Wildman–Crippen LogP) is 5.32. The average molecular weight is 410 g/mol. The first kappa shape index (κ1) is 22.4. The summed E-state index contributed by atoms with van der Waals surface area (Å²) in [6.45, 7) is 2.69. The molecule has 0 radical (unpaired) electrons. The van der Waals surface area contributed by atoms with Crippen molar-refractivity contribution in [3.05, 3.63) is 78.4 Å². The Hall–Kier alpha value is -2.87. The zero-order chi connectivity index (χ0) is 21.3. The summed E-state index contributed by atoms with van der Waals surface area (Å²) in [5.74, 6) is -4.20. The molecule has 0 bridgehead atoms. The van der Waals surface area contributed by atoms with Gasteiger partial charge in [-0.15, -0.1) is 6.58 Å². The van der Waals surface area contributed by atoms with E-state index in [9.17, 15) is 22.4 Å². The molecule has 0 spiro atoms. The minimum Gasteiger partial charge on any atom is -0.370 e. The van der Waals surface area contributed by atoms with E-state index in [0.29, 0.717) is 24.3 Å². The van der Waals surface area contributed by atoms with E-state index in [4.69, 9.17) is 4.74 Å². The topological polar surface area (TPSA) is 41.6 Å². The number of hydrogen-bond donors (Lipinski definition) is 1. The first-order valence-corrected chi connectivity index (χ1v) is 8.85. The van der Waals surface area contributed by atoms with E-state index in [2.05, 4.69) is 11.9 Å². The number of ether oxygens (including phenoxy) is 1. The third-order valence-electron chi connectivity index (χ3n) is 3.91. The highest BCUT2D eigenvalue weighted by Gasteiger charge is 2.40. The molecule has 2 aromatic rings. The van der Waals surface area contributed by atoms with Crippen molar-refractivity contribution in [1.82, 2.24) is 4.90 Å². The van der Waals surface area contributed by atoms with Crippen LogP contribution in [0.1, 0.15) is 11.1 Å². The predicted molar refractivity (Wildman–Crippen MR) is 103 cm³/mol. The molecule has 0 unspecified atom stereocenters. The normalized spacial score (nSPS) is 11.3. The maximum absolute atomic E-state index is 12.9. The van der Waals surface area contributed by atoms with E-state index in [1.54, 1.807) is 29.2 Å². The molecule has 29 heavy (non-hydrogen) atoms. The Labute approximate surface area is 166 Å². The number of anilines is 1. The third kappa shape index (κ3) is 7.23. The van der Waals surface area contributed by atoms with Gasteiger partial charge in [0.1, 0.15) is 6.61 Å². The molecule has 0 fully saturated rings. The number of hydrogen-bond acceptors (Lipinski definition) is 2. The Morgan fingerprint density at radius 3 is 2.48 bits per heavy atom. The van der Waals surface area contributed by atoms with Crippen molar-refractivity contribution >= 4 is 11.7 Å². The van der Waals surface area contributed by atoms with Gasteiger partial charge in [-0.05, 0) is 23.3 Å². The van der Waals surface area contributed by atoms with Crippen LogP contribution in [-0.2, 0) is 17.9 Å². The van der Waals surface area contributed by atoms with Crippen LogP contribution in [0.25, 0.3) is 0 Å².